The van der Waals surface area contributed by atoms with E-state index in [1.165, 1.54) is 17.4 Å². The molecule has 2 aromatic heterocycles. The van der Waals surface area contributed by atoms with E-state index in [1.54, 1.807) is 24.3 Å². The molecule has 2 aromatic carbocycles. The van der Waals surface area contributed by atoms with Crippen LogP contribution in [0, 0.1) is 13.8 Å². The first-order valence-electron chi connectivity index (χ1n) is 7.98. The van der Waals surface area contributed by atoms with Gasteiger partial charge in [0.2, 0.25) is 5.13 Å². The highest BCUT2D eigenvalue weighted by atomic mass is 32.1. The Kier molecular flexibility index (Phi) is 3.93. The fourth-order valence-electron chi connectivity index (χ4n) is 2.82. The molecule has 0 aliphatic carbocycles. The summed E-state index contributed by atoms with van der Waals surface area (Å²) in [5.41, 5.74) is 8.58. The maximum atomic E-state index is 12.3. The Hall–Kier alpha value is -3.19. The number of thiazole rings is 1. The highest BCUT2D eigenvalue weighted by Gasteiger charge is 2.13. The summed E-state index contributed by atoms with van der Waals surface area (Å²) in [6.07, 6.45) is 0. The molecule has 0 saturated heterocycles. The van der Waals surface area contributed by atoms with E-state index in [9.17, 15) is 9.59 Å². The molecule has 2 heterocycles. The summed E-state index contributed by atoms with van der Waals surface area (Å²) < 4.78 is 6.58. The van der Waals surface area contributed by atoms with E-state index in [-0.39, 0.29) is 11.2 Å². The van der Waals surface area contributed by atoms with Gasteiger partial charge in [-0.1, -0.05) is 29.5 Å². The second kappa shape index (κ2) is 6.27. The molecule has 1 amide bonds. The van der Waals surface area contributed by atoms with Gasteiger partial charge in [-0.15, -0.1) is 0 Å². The summed E-state index contributed by atoms with van der Waals surface area (Å²) >= 11 is 1.45. The van der Waals surface area contributed by atoms with Gasteiger partial charge in [-0.25, -0.2) is 4.98 Å². The fraction of sp³-hybridized carbons (Fsp3) is 0.105. The van der Waals surface area contributed by atoms with Crippen LogP contribution in [-0.4, -0.2) is 10.9 Å². The zero-order valence-corrected chi connectivity index (χ0v) is 14.9. The maximum absolute atomic E-state index is 12.3. The van der Waals surface area contributed by atoms with Gasteiger partial charge in [-0.3, -0.25) is 20.4 Å². The van der Waals surface area contributed by atoms with Crippen LogP contribution in [0.25, 0.3) is 21.2 Å². The van der Waals surface area contributed by atoms with E-state index >= 15 is 0 Å². The van der Waals surface area contributed by atoms with E-state index in [0.29, 0.717) is 16.1 Å². The number of fused-ring (bicyclic) bond motifs is 2. The molecule has 0 unspecified atom stereocenters. The number of nitrogens with zero attached hydrogens (tertiary/aromatic N) is 1. The lowest BCUT2D eigenvalue weighted by atomic mass is 10.1. The number of nitrogens with one attached hydrogen (secondary N) is 2. The van der Waals surface area contributed by atoms with Crippen LogP contribution >= 0.6 is 11.3 Å². The molecule has 0 fully saturated rings. The van der Waals surface area contributed by atoms with Crippen molar-refractivity contribution < 1.29 is 9.21 Å². The van der Waals surface area contributed by atoms with Gasteiger partial charge in [-0.05, 0) is 43.2 Å². The average molecular weight is 365 g/mol. The molecular formula is C19H15N3O3S. The number of anilines is 1. The molecule has 4 aromatic rings. The number of aromatic nitrogens is 1. The smallest absolute Gasteiger partial charge is 0.305 e. The minimum absolute atomic E-state index is 0.0608. The van der Waals surface area contributed by atoms with Crippen molar-refractivity contribution in [2.45, 2.75) is 13.8 Å². The lowest BCUT2D eigenvalue weighted by Gasteiger charge is -2.05. The van der Waals surface area contributed by atoms with Crippen LogP contribution in [-0.2, 0) is 0 Å². The number of hydrogen-bond acceptors (Lipinski definition) is 6. The van der Waals surface area contributed by atoms with Crippen LogP contribution in [0.3, 0.4) is 0 Å². The zero-order chi connectivity index (χ0) is 18.3. The number of aryl methyl sites for hydroxylation is 2. The standard InChI is InChI=1S/C19H15N3O3S/c1-10-7-11(2)17-13(8-10)20-19(26-17)22-21-18(24)16-9-14(23)12-5-3-4-6-15(12)25-16/h3-9H,1-2H3,(H,20,22)(H,21,24). The lowest BCUT2D eigenvalue weighted by Crippen LogP contribution is -2.29. The maximum Gasteiger partial charge on any atom is 0.305 e. The largest absolute Gasteiger partial charge is 0.451 e. The normalized spacial score (nSPS) is 11.0. The number of amides is 1. The lowest BCUT2D eigenvalue weighted by molar-refractivity contribution is 0.0936. The second-order valence-electron chi connectivity index (χ2n) is 6.00. The molecule has 0 saturated carbocycles. The third kappa shape index (κ3) is 2.93. The Morgan fingerprint density at radius 2 is 1.96 bits per heavy atom. The van der Waals surface area contributed by atoms with Crippen molar-refractivity contribution in [2.24, 2.45) is 0 Å². The molecule has 0 atom stereocenters. The molecule has 26 heavy (non-hydrogen) atoms. The minimum atomic E-state index is -0.542. The monoisotopic (exact) mass is 365 g/mol. The number of carbonyl (C=O) groups is 1. The summed E-state index contributed by atoms with van der Waals surface area (Å²) in [7, 11) is 0. The van der Waals surface area contributed by atoms with Crippen LogP contribution in [0.1, 0.15) is 21.7 Å². The predicted molar refractivity (Wildman–Crippen MR) is 103 cm³/mol. The minimum Gasteiger partial charge on any atom is -0.451 e. The number of benzene rings is 2. The van der Waals surface area contributed by atoms with Crippen molar-refractivity contribution >= 4 is 43.6 Å². The number of para-hydroxylation sites is 1. The molecule has 6 nitrogen and oxygen atoms in total. The van der Waals surface area contributed by atoms with Crippen LogP contribution in [0.5, 0.6) is 0 Å². The van der Waals surface area contributed by atoms with Crippen LogP contribution in [0.2, 0.25) is 0 Å². The first-order chi connectivity index (χ1) is 12.5. The number of hydrazine groups is 1. The van der Waals surface area contributed by atoms with Gasteiger partial charge in [0, 0.05) is 6.07 Å². The molecule has 0 aliphatic rings. The topological polar surface area (TPSA) is 84.2 Å². The van der Waals surface area contributed by atoms with E-state index in [4.69, 9.17) is 4.42 Å². The Labute approximate surface area is 152 Å². The Morgan fingerprint density at radius 3 is 2.81 bits per heavy atom. The van der Waals surface area contributed by atoms with Gasteiger partial charge >= 0.3 is 5.91 Å². The number of carbonyl (C=O) groups excluding carboxylic acids is 1. The Balaban J connectivity index is 1.57. The number of rotatable bonds is 3. The third-order valence-corrected chi connectivity index (χ3v) is 5.08. The van der Waals surface area contributed by atoms with E-state index in [2.05, 4.69) is 21.9 Å². The van der Waals surface area contributed by atoms with Gasteiger partial charge < -0.3 is 4.42 Å². The van der Waals surface area contributed by atoms with Gasteiger partial charge in [0.1, 0.15) is 5.58 Å². The van der Waals surface area contributed by atoms with Crippen molar-refractivity contribution in [3.05, 3.63) is 69.6 Å². The zero-order valence-electron chi connectivity index (χ0n) is 14.1. The molecule has 4 rings (SSSR count). The van der Waals surface area contributed by atoms with E-state index < -0.39 is 5.91 Å². The van der Waals surface area contributed by atoms with Crippen LogP contribution < -0.4 is 16.3 Å². The first-order valence-corrected chi connectivity index (χ1v) is 8.80. The van der Waals surface area contributed by atoms with Crippen molar-refractivity contribution in [3.63, 3.8) is 0 Å². The first kappa shape index (κ1) is 16.3. The van der Waals surface area contributed by atoms with Crippen molar-refractivity contribution in [2.75, 3.05) is 5.43 Å². The fourth-order valence-corrected chi connectivity index (χ4v) is 3.69. The molecule has 7 heteroatoms. The van der Waals surface area contributed by atoms with Crippen LogP contribution in [0.4, 0.5) is 5.13 Å². The van der Waals surface area contributed by atoms with Crippen LogP contribution in [0.15, 0.2) is 51.7 Å². The van der Waals surface area contributed by atoms with E-state index in [1.807, 2.05) is 19.9 Å². The quantitative estimate of drug-likeness (QED) is 0.540. The summed E-state index contributed by atoms with van der Waals surface area (Å²) in [4.78, 5) is 28.9. The SMILES string of the molecule is Cc1cc(C)c2sc(NNC(=O)c3cc(=O)c4ccccc4o3)nc2c1. The molecule has 2 N–H and O–H groups in total. The third-order valence-electron chi connectivity index (χ3n) is 3.96. The van der Waals surface area contributed by atoms with Crippen molar-refractivity contribution in [1.29, 1.82) is 0 Å². The summed E-state index contributed by atoms with van der Waals surface area (Å²) in [6, 6.07) is 12.1. The Bertz CT molecular complexity index is 1210. The highest BCUT2D eigenvalue weighted by molar-refractivity contribution is 7.22. The molecule has 0 spiro atoms. The Morgan fingerprint density at radius 1 is 1.15 bits per heavy atom. The average Bonchev–Trinajstić information content (AvgIpc) is 3.03. The van der Waals surface area contributed by atoms with Gasteiger partial charge in [-0.2, -0.15) is 0 Å². The summed E-state index contributed by atoms with van der Waals surface area (Å²) in [5.74, 6) is -0.602. The predicted octanol–water partition coefficient (Wildman–Crippen LogP) is 3.78. The van der Waals surface area contributed by atoms with Gasteiger partial charge in [0.25, 0.3) is 0 Å². The molecule has 0 radical (unpaired) electrons. The van der Waals surface area contributed by atoms with Crippen molar-refractivity contribution in [1.82, 2.24) is 10.4 Å². The van der Waals surface area contributed by atoms with Gasteiger partial charge in [0.15, 0.2) is 11.2 Å². The van der Waals surface area contributed by atoms with E-state index in [0.717, 1.165) is 21.3 Å². The number of hydrogen-bond donors (Lipinski definition) is 2. The molecule has 130 valence electrons. The highest BCUT2D eigenvalue weighted by Crippen LogP contribution is 2.29. The molecule has 0 aliphatic heterocycles. The second-order valence-corrected chi connectivity index (χ2v) is 7.00. The van der Waals surface area contributed by atoms with Crippen molar-refractivity contribution in [3.8, 4) is 0 Å². The summed E-state index contributed by atoms with van der Waals surface area (Å²) in [6.45, 7) is 4.04. The molecule has 0 bridgehead atoms. The molecular weight excluding hydrogens is 350 g/mol. The van der Waals surface area contributed by atoms with Gasteiger partial charge in [0.05, 0.1) is 15.6 Å². The summed E-state index contributed by atoms with van der Waals surface area (Å²) in [5, 5.41) is 0.999.